The molecule has 3 aromatic rings. The molecule has 30 heavy (non-hydrogen) atoms. The SMILES string of the molecule is COC(=O)c1c(SCC(=O)Nc2ccccc2C(F)(F)F)[nH]c2ccccc2c1=O. The fourth-order valence-corrected chi connectivity index (χ4v) is 3.62. The standard InChI is InChI=1S/C20H15F3N2O4S/c1-29-19(28)16-17(27)11-6-2-4-8-13(11)25-18(16)30-10-15(26)24-14-9-5-3-7-12(14)20(21,22)23/h2-9H,10H2,1H3,(H,24,26)(H,25,27). The number of carbonyl (C=O) groups excluding carboxylic acids is 2. The molecule has 0 saturated carbocycles. The van der Waals surface area contributed by atoms with Crippen molar-refractivity contribution in [1.82, 2.24) is 4.98 Å². The third kappa shape index (κ3) is 4.48. The van der Waals surface area contributed by atoms with Gasteiger partial charge in [-0.15, -0.1) is 0 Å². The van der Waals surface area contributed by atoms with Gasteiger partial charge in [0.1, 0.15) is 5.56 Å². The Bertz CT molecular complexity index is 1170. The highest BCUT2D eigenvalue weighted by molar-refractivity contribution is 8.00. The first kappa shape index (κ1) is 21.4. The molecule has 0 aliphatic carbocycles. The number of rotatable bonds is 5. The number of thioether (sulfide) groups is 1. The summed E-state index contributed by atoms with van der Waals surface area (Å²) in [5.41, 5.74) is -1.75. The third-order valence-electron chi connectivity index (χ3n) is 4.12. The van der Waals surface area contributed by atoms with Gasteiger partial charge in [0, 0.05) is 5.39 Å². The highest BCUT2D eigenvalue weighted by atomic mass is 32.2. The number of hydrogen-bond donors (Lipinski definition) is 2. The number of para-hydroxylation sites is 2. The minimum Gasteiger partial charge on any atom is -0.465 e. The van der Waals surface area contributed by atoms with Gasteiger partial charge in [-0.1, -0.05) is 36.0 Å². The Morgan fingerprint density at radius 3 is 2.47 bits per heavy atom. The van der Waals surface area contributed by atoms with Crippen LogP contribution >= 0.6 is 11.8 Å². The number of anilines is 1. The van der Waals surface area contributed by atoms with E-state index < -0.39 is 29.0 Å². The number of pyridine rings is 1. The molecule has 0 bridgehead atoms. The maximum atomic E-state index is 13.1. The van der Waals surface area contributed by atoms with E-state index in [4.69, 9.17) is 0 Å². The average Bonchev–Trinajstić information content (AvgIpc) is 2.71. The number of fused-ring (bicyclic) bond motifs is 1. The Morgan fingerprint density at radius 2 is 1.77 bits per heavy atom. The number of carbonyl (C=O) groups is 2. The van der Waals surface area contributed by atoms with Crippen molar-refractivity contribution in [3.63, 3.8) is 0 Å². The normalized spacial score (nSPS) is 11.3. The number of nitrogens with one attached hydrogen (secondary N) is 2. The van der Waals surface area contributed by atoms with Crippen molar-refractivity contribution >= 4 is 40.2 Å². The van der Waals surface area contributed by atoms with Crippen molar-refractivity contribution in [2.75, 3.05) is 18.2 Å². The second-order valence-corrected chi connectivity index (χ2v) is 7.06. The quantitative estimate of drug-likeness (QED) is 0.465. The molecule has 6 nitrogen and oxygen atoms in total. The van der Waals surface area contributed by atoms with Gasteiger partial charge in [0.25, 0.3) is 0 Å². The number of esters is 1. The van der Waals surface area contributed by atoms with Gasteiger partial charge in [-0.25, -0.2) is 4.79 Å². The van der Waals surface area contributed by atoms with Gasteiger partial charge >= 0.3 is 12.1 Å². The number of hydrogen-bond acceptors (Lipinski definition) is 5. The van der Waals surface area contributed by atoms with Gasteiger partial charge in [-0.3, -0.25) is 9.59 Å². The zero-order valence-electron chi connectivity index (χ0n) is 15.5. The first-order valence-corrected chi connectivity index (χ1v) is 9.53. The molecular formula is C20H15F3N2O4S. The topological polar surface area (TPSA) is 88.3 Å². The zero-order valence-corrected chi connectivity index (χ0v) is 16.3. The minimum absolute atomic E-state index is 0.0878. The van der Waals surface area contributed by atoms with E-state index in [1.165, 1.54) is 18.2 Å². The summed E-state index contributed by atoms with van der Waals surface area (Å²) in [6, 6.07) is 11.1. The number of methoxy groups -OCH3 is 1. The maximum Gasteiger partial charge on any atom is 0.418 e. The lowest BCUT2D eigenvalue weighted by molar-refractivity contribution is -0.137. The van der Waals surface area contributed by atoms with E-state index in [1.54, 1.807) is 18.2 Å². The second-order valence-electron chi connectivity index (χ2n) is 6.08. The molecule has 0 unspecified atom stereocenters. The molecule has 0 atom stereocenters. The molecule has 1 amide bonds. The van der Waals surface area contributed by atoms with Gasteiger partial charge in [0.2, 0.25) is 11.3 Å². The number of aromatic nitrogens is 1. The van der Waals surface area contributed by atoms with Crippen LogP contribution in [0.25, 0.3) is 10.9 Å². The first-order chi connectivity index (χ1) is 14.2. The van der Waals surface area contributed by atoms with Crippen molar-refractivity contribution in [3.8, 4) is 0 Å². The lowest BCUT2D eigenvalue weighted by Gasteiger charge is -2.14. The van der Waals surface area contributed by atoms with Crippen LogP contribution in [-0.2, 0) is 15.7 Å². The number of ether oxygens (including phenoxy) is 1. The summed E-state index contributed by atoms with van der Waals surface area (Å²) in [7, 11) is 1.12. The molecule has 2 aromatic carbocycles. The van der Waals surface area contributed by atoms with Crippen LogP contribution in [0.15, 0.2) is 58.4 Å². The summed E-state index contributed by atoms with van der Waals surface area (Å²) < 4.78 is 43.9. The fourth-order valence-electron chi connectivity index (χ4n) is 2.77. The Balaban J connectivity index is 1.87. The molecule has 2 N–H and O–H groups in total. The molecule has 156 valence electrons. The molecule has 1 heterocycles. The maximum absolute atomic E-state index is 13.1. The highest BCUT2D eigenvalue weighted by Crippen LogP contribution is 2.34. The summed E-state index contributed by atoms with van der Waals surface area (Å²) in [5, 5.41) is 2.57. The number of alkyl halides is 3. The number of benzene rings is 2. The van der Waals surface area contributed by atoms with Crippen molar-refractivity contribution in [2.24, 2.45) is 0 Å². The van der Waals surface area contributed by atoms with E-state index in [2.05, 4.69) is 15.0 Å². The first-order valence-electron chi connectivity index (χ1n) is 8.54. The number of amides is 1. The van der Waals surface area contributed by atoms with E-state index in [0.717, 1.165) is 31.0 Å². The molecule has 0 radical (unpaired) electrons. The summed E-state index contributed by atoms with van der Waals surface area (Å²) in [4.78, 5) is 40.0. The number of H-pyrrole nitrogens is 1. The van der Waals surface area contributed by atoms with Crippen molar-refractivity contribution in [1.29, 1.82) is 0 Å². The number of aromatic amines is 1. The summed E-state index contributed by atoms with van der Waals surface area (Å²) >= 11 is 0.811. The predicted octanol–water partition coefficient (Wildman–Crippen LogP) is 4.06. The Hall–Kier alpha value is -3.27. The fraction of sp³-hybridized carbons (Fsp3) is 0.150. The summed E-state index contributed by atoms with van der Waals surface area (Å²) in [6.07, 6.45) is -4.63. The molecule has 10 heteroatoms. The van der Waals surface area contributed by atoms with Crippen molar-refractivity contribution in [3.05, 3.63) is 69.9 Å². The Kier molecular flexibility index (Phi) is 6.16. The monoisotopic (exact) mass is 436 g/mol. The van der Waals surface area contributed by atoms with E-state index in [-0.39, 0.29) is 27.4 Å². The van der Waals surface area contributed by atoms with Crippen LogP contribution in [0.4, 0.5) is 18.9 Å². The molecule has 0 aliphatic heterocycles. The molecule has 0 fully saturated rings. The zero-order chi connectivity index (χ0) is 21.9. The molecule has 0 saturated heterocycles. The van der Waals surface area contributed by atoms with Crippen LogP contribution < -0.4 is 10.7 Å². The van der Waals surface area contributed by atoms with Gasteiger partial charge < -0.3 is 15.0 Å². The average molecular weight is 436 g/mol. The lowest BCUT2D eigenvalue weighted by Crippen LogP contribution is -2.21. The van der Waals surface area contributed by atoms with Crippen LogP contribution in [0.5, 0.6) is 0 Å². The smallest absolute Gasteiger partial charge is 0.418 e. The molecular weight excluding hydrogens is 421 g/mol. The third-order valence-corrected chi connectivity index (χ3v) is 5.12. The van der Waals surface area contributed by atoms with Gasteiger partial charge in [-0.2, -0.15) is 13.2 Å². The van der Waals surface area contributed by atoms with Crippen LogP contribution in [-0.4, -0.2) is 29.7 Å². The molecule has 3 rings (SSSR count). The van der Waals surface area contributed by atoms with Crippen LogP contribution in [0.3, 0.4) is 0 Å². The lowest BCUT2D eigenvalue weighted by atomic mass is 10.1. The summed E-state index contributed by atoms with van der Waals surface area (Å²) in [5.74, 6) is -1.96. The summed E-state index contributed by atoms with van der Waals surface area (Å²) in [6.45, 7) is 0. The van der Waals surface area contributed by atoms with Gasteiger partial charge in [0.05, 0.1) is 34.7 Å². The molecule has 0 aliphatic rings. The van der Waals surface area contributed by atoms with E-state index in [0.29, 0.717) is 5.52 Å². The van der Waals surface area contributed by atoms with Crippen LogP contribution in [0.1, 0.15) is 15.9 Å². The van der Waals surface area contributed by atoms with Gasteiger partial charge in [-0.05, 0) is 24.3 Å². The van der Waals surface area contributed by atoms with Crippen LogP contribution in [0.2, 0.25) is 0 Å². The minimum atomic E-state index is -4.63. The van der Waals surface area contributed by atoms with Crippen molar-refractivity contribution in [2.45, 2.75) is 11.2 Å². The Labute approximate surface area is 172 Å². The Morgan fingerprint density at radius 1 is 1.10 bits per heavy atom. The van der Waals surface area contributed by atoms with E-state index in [9.17, 15) is 27.6 Å². The van der Waals surface area contributed by atoms with E-state index in [1.807, 2.05) is 0 Å². The molecule has 1 aromatic heterocycles. The predicted molar refractivity (Wildman–Crippen MR) is 107 cm³/mol. The van der Waals surface area contributed by atoms with Crippen LogP contribution in [0, 0.1) is 0 Å². The second kappa shape index (κ2) is 8.62. The molecule has 0 spiro atoms. The van der Waals surface area contributed by atoms with Crippen molar-refractivity contribution < 1.29 is 27.5 Å². The largest absolute Gasteiger partial charge is 0.465 e. The highest BCUT2D eigenvalue weighted by Gasteiger charge is 2.33. The van der Waals surface area contributed by atoms with Gasteiger partial charge in [0.15, 0.2) is 0 Å². The number of halogens is 3. The van der Waals surface area contributed by atoms with E-state index >= 15 is 0 Å².